The first-order chi connectivity index (χ1) is 7.65. The number of amides is 2. The number of rotatable bonds is 1. The Kier molecular flexibility index (Phi) is 3.12. The van der Waals surface area contributed by atoms with E-state index < -0.39 is 0 Å². The van der Waals surface area contributed by atoms with Crippen LogP contribution in [0.15, 0.2) is 10.7 Å². The van der Waals surface area contributed by atoms with E-state index in [1.165, 1.54) is 12.7 Å². The number of anilines is 1. The lowest BCUT2D eigenvalue weighted by Gasteiger charge is -2.30. The van der Waals surface area contributed by atoms with Gasteiger partial charge in [0.05, 0.1) is 5.69 Å². The molecule has 1 fully saturated rings. The van der Waals surface area contributed by atoms with E-state index in [0.717, 1.165) is 25.2 Å². The zero-order valence-corrected chi connectivity index (χ0v) is 9.69. The molecule has 1 saturated heterocycles. The quantitative estimate of drug-likeness (QED) is 0.794. The summed E-state index contributed by atoms with van der Waals surface area (Å²) in [4.78, 5) is 17.7. The van der Waals surface area contributed by atoms with Crippen LogP contribution in [0.25, 0.3) is 0 Å². The maximum absolute atomic E-state index is 11.8. The third kappa shape index (κ3) is 2.53. The third-order valence-corrected chi connectivity index (χ3v) is 2.78. The second kappa shape index (κ2) is 4.55. The summed E-state index contributed by atoms with van der Waals surface area (Å²) in [6.07, 6.45) is 3.79. The molecule has 1 aromatic rings. The molecule has 1 atom stereocenters. The van der Waals surface area contributed by atoms with Crippen LogP contribution in [0.3, 0.4) is 0 Å². The number of urea groups is 1. The van der Waals surface area contributed by atoms with Gasteiger partial charge in [-0.3, -0.25) is 5.32 Å². The zero-order chi connectivity index (χ0) is 11.5. The van der Waals surface area contributed by atoms with Gasteiger partial charge < -0.3 is 9.32 Å². The summed E-state index contributed by atoms with van der Waals surface area (Å²) in [7, 11) is 0. The maximum atomic E-state index is 11.8. The maximum Gasteiger partial charge on any atom is 0.325 e. The van der Waals surface area contributed by atoms with Crippen molar-refractivity contribution in [2.24, 2.45) is 5.92 Å². The van der Waals surface area contributed by atoms with Crippen LogP contribution < -0.4 is 5.32 Å². The van der Waals surface area contributed by atoms with Gasteiger partial charge >= 0.3 is 12.0 Å². The Bertz CT molecular complexity index is 375. The van der Waals surface area contributed by atoms with Crippen LogP contribution >= 0.6 is 0 Å². The van der Waals surface area contributed by atoms with Crippen LogP contribution in [0.5, 0.6) is 0 Å². The zero-order valence-electron chi connectivity index (χ0n) is 9.69. The van der Waals surface area contributed by atoms with Crippen molar-refractivity contribution >= 4 is 12.0 Å². The number of carbonyl (C=O) groups is 1. The fraction of sp³-hybridized carbons (Fsp3) is 0.636. The first kappa shape index (κ1) is 11.0. The molecule has 0 aromatic carbocycles. The number of carbonyl (C=O) groups excluding carboxylic acids is 1. The first-order valence-corrected chi connectivity index (χ1v) is 5.63. The van der Waals surface area contributed by atoms with Crippen molar-refractivity contribution in [3.8, 4) is 0 Å². The Hall–Kier alpha value is -1.52. The topological polar surface area (TPSA) is 58.4 Å². The van der Waals surface area contributed by atoms with Crippen molar-refractivity contribution < 1.29 is 9.21 Å². The molecule has 1 aliphatic rings. The van der Waals surface area contributed by atoms with Crippen molar-refractivity contribution in [2.75, 3.05) is 18.4 Å². The molecule has 0 saturated carbocycles. The Balaban J connectivity index is 1.92. The average molecular weight is 223 g/mol. The number of likely N-dealkylation sites (tertiary alicyclic amines) is 1. The van der Waals surface area contributed by atoms with E-state index in [1.807, 2.05) is 11.8 Å². The van der Waals surface area contributed by atoms with Gasteiger partial charge in [0, 0.05) is 13.1 Å². The van der Waals surface area contributed by atoms with Crippen LogP contribution in [-0.2, 0) is 0 Å². The summed E-state index contributed by atoms with van der Waals surface area (Å²) in [5, 5.41) is 2.66. The Morgan fingerprint density at radius 1 is 1.69 bits per heavy atom. The number of aryl methyl sites for hydroxylation is 1. The molecule has 0 aliphatic carbocycles. The highest BCUT2D eigenvalue weighted by atomic mass is 16.4. The molecule has 1 aromatic heterocycles. The molecule has 2 rings (SSSR count). The molecular formula is C11H17N3O2. The number of oxazole rings is 1. The van der Waals surface area contributed by atoms with Gasteiger partial charge in [0.2, 0.25) is 0 Å². The fourth-order valence-electron chi connectivity index (χ4n) is 1.96. The Labute approximate surface area is 94.8 Å². The van der Waals surface area contributed by atoms with Gasteiger partial charge in [-0.25, -0.2) is 4.79 Å². The first-order valence-electron chi connectivity index (χ1n) is 5.63. The van der Waals surface area contributed by atoms with E-state index in [-0.39, 0.29) is 12.0 Å². The van der Waals surface area contributed by atoms with Crippen molar-refractivity contribution in [1.29, 1.82) is 0 Å². The third-order valence-electron chi connectivity index (χ3n) is 2.78. The largest absolute Gasteiger partial charge is 0.432 e. The number of hydrogen-bond acceptors (Lipinski definition) is 3. The molecule has 1 aliphatic heterocycles. The molecule has 0 radical (unpaired) electrons. The van der Waals surface area contributed by atoms with Crippen LogP contribution in [0.1, 0.15) is 25.5 Å². The lowest BCUT2D eigenvalue weighted by Crippen LogP contribution is -2.41. The molecule has 16 heavy (non-hydrogen) atoms. The van der Waals surface area contributed by atoms with E-state index in [4.69, 9.17) is 4.42 Å². The average Bonchev–Trinajstić information content (AvgIpc) is 2.64. The Morgan fingerprint density at radius 3 is 3.12 bits per heavy atom. The molecule has 88 valence electrons. The highest BCUT2D eigenvalue weighted by molar-refractivity contribution is 5.87. The lowest BCUT2D eigenvalue weighted by atomic mass is 10.0. The minimum Gasteiger partial charge on any atom is -0.432 e. The summed E-state index contributed by atoms with van der Waals surface area (Å²) < 4.78 is 5.08. The monoisotopic (exact) mass is 223 g/mol. The van der Waals surface area contributed by atoms with Gasteiger partial charge in [0.15, 0.2) is 0 Å². The predicted molar refractivity (Wildman–Crippen MR) is 60.2 cm³/mol. The normalized spacial score (nSPS) is 20.9. The molecule has 2 heterocycles. The van der Waals surface area contributed by atoms with Gasteiger partial charge in [-0.1, -0.05) is 6.92 Å². The molecule has 0 bridgehead atoms. The van der Waals surface area contributed by atoms with E-state index in [2.05, 4.69) is 17.2 Å². The van der Waals surface area contributed by atoms with E-state index >= 15 is 0 Å². The summed E-state index contributed by atoms with van der Waals surface area (Å²) in [6, 6.07) is 0.161. The van der Waals surface area contributed by atoms with Gasteiger partial charge in [-0.2, -0.15) is 4.98 Å². The van der Waals surface area contributed by atoms with Crippen molar-refractivity contribution in [3.63, 3.8) is 0 Å². The summed E-state index contributed by atoms with van der Waals surface area (Å²) in [5.74, 6) is 0.575. The molecular weight excluding hydrogens is 206 g/mol. The van der Waals surface area contributed by atoms with Crippen molar-refractivity contribution in [1.82, 2.24) is 9.88 Å². The number of hydrogen-bond donors (Lipinski definition) is 1. The Morgan fingerprint density at radius 2 is 2.50 bits per heavy atom. The van der Waals surface area contributed by atoms with Crippen LogP contribution in [0.2, 0.25) is 0 Å². The smallest absolute Gasteiger partial charge is 0.325 e. The summed E-state index contributed by atoms with van der Waals surface area (Å²) in [6.45, 7) is 5.61. The van der Waals surface area contributed by atoms with E-state index in [1.54, 1.807) is 0 Å². The molecule has 1 unspecified atom stereocenters. The molecule has 5 nitrogen and oxygen atoms in total. The van der Waals surface area contributed by atoms with Crippen molar-refractivity contribution in [3.05, 3.63) is 12.0 Å². The number of aromatic nitrogens is 1. The van der Waals surface area contributed by atoms with Gasteiger partial charge in [0.1, 0.15) is 6.26 Å². The van der Waals surface area contributed by atoms with Crippen LogP contribution in [0.4, 0.5) is 10.8 Å². The highest BCUT2D eigenvalue weighted by Crippen LogP contribution is 2.16. The highest BCUT2D eigenvalue weighted by Gasteiger charge is 2.21. The lowest BCUT2D eigenvalue weighted by molar-refractivity contribution is 0.181. The summed E-state index contributed by atoms with van der Waals surface area (Å²) in [5.41, 5.74) is 0.766. The standard InChI is InChI=1S/C11H17N3O2/c1-8-4-3-5-14(6-8)11(15)13-10-12-9(2)7-16-10/h7-8H,3-6H2,1-2H3,(H,12,13,15). The van der Waals surface area contributed by atoms with Crippen LogP contribution in [0, 0.1) is 12.8 Å². The predicted octanol–water partition coefficient (Wildman–Crippen LogP) is 2.25. The second-order valence-corrected chi connectivity index (χ2v) is 4.42. The van der Waals surface area contributed by atoms with Crippen molar-refractivity contribution in [2.45, 2.75) is 26.7 Å². The number of piperidine rings is 1. The van der Waals surface area contributed by atoms with Gasteiger partial charge in [-0.05, 0) is 25.7 Å². The van der Waals surface area contributed by atoms with Crippen LogP contribution in [-0.4, -0.2) is 29.0 Å². The molecule has 5 heteroatoms. The van der Waals surface area contributed by atoms with E-state index in [0.29, 0.717) is 5.92 Å². The van der Waals surface area contributed by atoms with Gasteiger partial charge in [-0.15, -0.1) is 0 Å². The molecule has 0 spiro atoms. The molecule has 1 N–H and O–H groups in total. The summed E-state index contributed by atoms with van der Waals surface area (Å²) >= 11 is 0. The number of nitrogens with zero attached hydrogens (tertiary/aromatic N) is 2. The minimum atomic E-state index is -0.117. The SMILES string of the molecule is Cc1coc(NC(=O)N2CCCC(C)C2)n1. The second-order valence-electron chi connectivity index (χ2n) is 4.42. The molecule has 2 amide bonds. The number of nitrogens with one attached hydrogen (secondary N) is 1. The fourth-order valence-corrected chi connectivity index (χ4v) is 1.96. The minimum absolute atomic E-state index is 0.117. The van der Waals surface area contributed by atoms with Gasteiger partial charge in [0.25, 0.3) is 0 Å². The van der Waals surface area contributed by atoms with E-state index in [9.17, 15) is 4.79 Å².